The molecule has 2 unspecified atom stereocenters. The molecule has 0 N–H and O–H groups in total. The maximum Gasteiger partial charge on any atom is 0.496 e. The Kier molecular flexibility index (Phi) is 5.96. The summed E-state index contributed by atoms with van der Waals surface area (Å²) in [6.45, 7) is 20.6. The normalized spacial score (nSPS) is 22.1. The summed E-state index contributed by atoms with van der Waals surface area (Å²) in [5.41, 5.74) is 1.82. The lowest BCUT2D eigenvalue weighted by atomic mass is 9.71. The van der Waals surface area contributed by atoms with E-state index in [1.54, 1.807) is 0 Å². The Bertz CT molecular complexity index is 472. The van der Waals surface area contributed by atoms with Gasteiger partial charge in [0.2, 0.25) is 0 Å². The monoisotopic (exact) mass is 252 g/mol. The van der Waals surface area contributed by atoms with Crippen LogP contribution in [0.4, 0.5) is 0 Å². The van der Waals surface area contributed by atoms with Crippen molar-refractivity contribution in [1.29, 1.82) is 0 Å². The van der Waals surface area contributed by atoms with Gasteiger partial charge in [-0.2, -0.15) is 0 Å². The van der Waals surface area contributed by atoms with Gasteiger partial charge in [-0.05, 0) is 18.9 Å². The van der Waals surface area contributed by atoms with Gasteiger partial charge in [0.15, 0.2) is 6.42 Å². The van der Waals surface area contributed by atoms with Gasteiger partial charge in [-0.15, -0.1) is 11.7 Å². The summed E-state index contributed by atoms with van der Waals surface area (Å²) in [5, 5.41) is 0. The van der Waals surface area contributed by atoms with Crippen LogP contribution in [0.5, 0.6) is 0 Å². The highest BCUT2D eigenvalue weighted by molar-refractivity contribution is 5.20. The van der Waals surface area contributed by atoms with E-state index in [1.165, 1.54) is 0 Å². The molecule has 0 saturated heterocycles. The van der Waals surface area contributed by atoms with E-state index in [-0.39, 0.29) is 11.8 Å². The van der Waals surface area contributed by atoms with Crippen molar-refractivity contribution in [3.63, 3.8) is 0 Å². The third-order valence-electron chi connectivity index (χ3n) is 3.78. The zero-order valence-electron chi connectivity index (χ0n) is 11.6. The summed E-state index contributed by atoms with van der Waals surface area (Å²) in [7, 11) is 0. The minimum Gasteiger partial charge on any atom is -0.229 e. The molecule has 19 heavy (non-hydrogen) atoms. The molecule has 1 saturated carbocycles. The van der Waals surface area contributed by atoms with E-state index in [0.29, 0.717) is 6.42 Å². The molecule has 98 valence electrons. The molecular formula is C17H20N2. The highest BCUT2D eigenvalue weighted by Gasteiger charge is 2.55. The molecule has 1 rings (SSSR count). The van der Waals surface area contributed by atoms with Crippen LogP contribution in [-0.2, 0) is 0 Å². The second kappa shape index (κ2) is 7.48. The van der Waals surface area contributed by atoms with Gasteiger partial charge < -0.3 is 0 Å². The molecule has 2 nitrogen and oxygen atoms in total. The first-order chi connectivity index (χ1) is 9.24. The number of nitrogens with zero attached hydrogens (tertiary/aromatic N) is 2. The predicted molar refractivity (Wildman–Crippen MR) is 77.8 cm³/mol. The molecular weight excluding hydrogens is 232 g/mol. The second-order valence-corrected chi connectivity index (χ2v) is 4.91. The molecule has 1 aliphatic carbocycles. The lowest BCUT2D eigenvalue weighted by Gasteiger charge is -2.29. The van der Waals surface area contributed by atoms with Crippen molar-refractivity contribution in [3.05, 3.63) is 41.2 Å². The second-order valence-electron chi connectivity index (χ2n) is 4.91. The Morgan fingerprint density at radius 1 is 1.26 bits per heavy atom. The van der Waals surface area contributed by atoms with Crippen molar-refractivity contribution in [1.82, 2.24) is 0 Å². The summed E-state index contributed by atoms with van der Waals surface area (Å²) in [6.07, 6.45) is 7.30. The van der Waals surface area contributed by atoms with Crippen LogP contribution in [0.25, 0.3) is 9.69 Å². The number of allylic oxidation sites excluding steroid dienone is 1. The van der Waals surface area contributed by atoms with Crippen LogP contribution in [0, 0.1) is 36.8 Å². The van der Waals surface area contributed by atoms with Gasteiger partial charge >= 0.3 is 5.66 Å². The average Bonchev–Trinajstić information content (AvgIpc) is 2.45. The van der Waals surface area contributed by atoms with Crippen molar-refractivity contribution in [2.75, 3.05) is 0 Å². The first-order valence-electron chi connectivity index (χ1n) is 6.83. The van der Waals surface area contributed by atoms with Gasteiger partial charge in [0, 0.05) is 12.3 Å². The van der Waals surface area contributed by atoms with Crippen molar-refractivity contribution in [2.24, 2.45) is 11.8 Å². The zero-order chi connectivity index (χ0) is 14.1. The van der Waals surface area contributed by atoms with E-state index in [4.69, 9.17) is 13.1 Å². The smallest absolute Gasteiger partial charge is 0.229 e. The number of hydrogen-bond acceptors (Lipinski definition) is 0. The fourth-order valence-corrected chi connectivity index (χ4v) is 2.80. The van der Waals surface area contributed by atoms with E-state index in [0.717, 1.165) is 32.1 Å². The van der Waals surface area contributed by atoms with Gasteiger partial charge in [-0.3, -0.25) is 0 Å². The molecule has 0 amide bonds. The Balaban J connectivity index is 3.05. The van der Waals surface area contributed by atoms with Gasteiger partial charge in [-0.1, -0.05) is 32.3 Å². The highest BCUT2D eigenvalue weighted by Crippen LogP contribution is 2.42. The third kappa shape index (κ3) is 3.51. The minimum atomic E-state index is -1.01. The van der Waals surface area contributed by atoms with Crippen LogP contribution in [0.15, 0.2) is 18.4 Å². The molecule has 0 aromatic heterocycles. The summed E-state index contributed by atoms with van der Waals surface area (Å²) in [5.74, 6) is 6.31. The molecule has 0 spiro atoms. The van der Waals surface area contributed by atoms with Gasteiger partial charge in [0.1, 0.15) is 5.92 Å². The Labute approximate surface area is 116 Å². The van der Waals surface area contributed by atoms with Gasteiger partial charge in [0.25, 0.3) is 0 Å². The molecule has 1 fully saturated rings. The fraction of sp³-hybridized carbons (Fsp3) is 0.588. The van der Waals surface area contributed by atoms with E-state index >= 15 is 0 Å². The quantitative estimate of drug-likeness (QED) is 0.398. The number of rotatable bonds is 3. The first kappa shape index (κ1) is 15.1. The molecule has 0 aliphatic heterocycles. The van der Waals surface area contributed by atoms with Crippen molar-refractivity contribution in [2.45, 2.75) is 51.1 Å². The Morgan fingerprint density at radius 2 is 1.95 bits per heavy atom. The maximum atomic E-state index is 7.50. The standard InChI is InChI=1S/C17H20N2/c1-5-7-10-14-17(18-3,19-4)16-13-9-8-12-15(16)11-6-2/h11,15-16H,2,5,8-9,12-14H2,1H3. The van der Waals surface area contributed by atoms with Gasteiger partial charge in [-0.25, -0.2) is 22.8 Å². The summed E-state index contributed by atoms with van der Waals surface area (Å²) < 4.78 is 0. The molecule has 0 bridgehead atoms. The fourth-order valence-electron chi connectivity index (χ4n) is 2.80. The van der Waals surface area contributed by atoms with Crippen LogP contribution in [0.1, 0.15) is 45.4 Å². The van der Waals surface area contributed by atoms with Gasteiger partial charge in [0.05, 0.1) is 0 Å². The SMILES string of the molecule is [C-]#[N+]C(CC#CCC)([N+]#[C-])C1CCCCC1C=C=C. The van der Waals surface area contributed by atoms with E-state index in [1.807, 2.05) is 13.0 Å². The molecule has 0 heterocycles. The Morgan fingerprint density at radius 3 is 2.53 bits per heavy atom. The number of hydrogen-bond donors (Lipinski definition) is 0. The zero-order valence-corrected chi connectivity index (χ0v) is 11.6. The Hall–Kier alpha value is -1.94. The van der Waals surface area contributed by atoms with Crippen LogP contribution in [0.2, 0.25) is 0 Å². The first-order valence-corrected chi connectivity index (χ1v) is 6.83. The molecule has 0 aromatic carbocycles. The molecule has 1 aliphatic rings. The maximum absolute atomic E-state index is 7.50. The van der Waals surface area contributed by atoms with Crippen molar-refractivity contribution < 1.29 is 0 Å². The van der Waals surface area contributed by atoms with Crippen LogP contribution >= 0.6 is 0 Å². The summed E-state index contributed by atoms with van der Waals surface area (Å²) in [4.78, 5) is 7.38. The van der Waals surface area contributed by atoms with Crippen LogP contribution in [0.3, 0.4) is 0 Å². The molecule has 0 radical (unpaired) electrons. The third-order valence-corrected chi connectivity index (χ3v) is 3.78. The van der Waals surface area contributed by atoms with E-state index < -0.39 is 5.66 Å². The average molecular weight is 252 g/mol. The lowest BCUT2D eigenvalue weighted by Crippen LogP contribution is -2.37. The van der Waals surface area contributed by atoms with E-state index in [9.17, 15) is 0 Å². The summed E-state index contributed by atoms with van der Waals surface area (Å²) >= 11 is 0. The van der Waals surface area contributed by atoms with Crippen molar-refractivity contribution in [3.8, 4) is 11.8 Å². The minimum absolute atomic E-state index is 0.0663. The lowest BCUT2D eigenvalue weighted by molar-refractivity contribution is 0.220. The molecule has 2 atom stereocenters. The summed E-state index contributed by atoms with van der Waals surface area (Å²) in [6, 6.07) is 0. The largest absolute Gasteiger partial charge is 0.496 e. The molecule has 2 heteroatoms. The highest BCUT2D eigenvalue weighted by atomic mass is 15.0. The van der Waals surface area contributed by atoms with E-state index in [2.05, 4.69) is 33.8 Å². The molecule has 0 aromatic rings. The predicted octanol–water partition coefficient (Wildman–Crippen LogP) is 4.47. The van der Waals surface area contributed by atoms with Crippen LogP contribution in [-0.4, -0.2) is 5.66 Å². The topological polar surface area (TPSA) is 8.72 Å². The van der Waals surface area contributed by atoms with Crippen molar-refractivity contribution >= 4 is 0 Å². The van der Waals surface area contributed by atoms with Crippen LogP contribution < -0.4 is 0 Å².